The molecule has 2 aliphatic heterocycles. The van der Waals surface area contributed by atoms with Crippen molar-refractivity contribution in [1.82, 2.24) is 15.2 Å². The monoisotopic (exact) mass is 578 g/mol. The third kappa shape index (κ3) is 5.60. The summed E-state index contributed by atoms with van der Waals surface area (Å²) in [5.74, 6) is -0.0383. The molecule has 1 atom stereocenters. The van der Waals surface area contributed by atoms with E-state index < -0.39 is 17.2 Å². The summed E-state index contributed by atoms with van der Waals surface area (Å²) in [7, 11) is 3.66. The fourth-order valence-corrected chi connectivity index (χ4v) is 6.60. The second-order valence-electron chi connectivity index (χ2n) is 10.2. The van der Waals surface area contributed by atoms with Crippen LogP contribution in [0.2, 0.25) is 5.02 Å². The van der Waals surface area contributed by atoms with Gasteiger partial charge in [-0.1, -0.05) is 17.7 Å². The molecule has 1 aromatic carbocycles. The Morgan fingerprint density at radius 1 is 1.18 bits per heavy atom. The number of hydrogen-bond donors (Lipinski definition) is 1. The standard InChI is InChI=1S/C28H30ClF3N4O2S/c1-35-11-7-20(17-35)34-26(37)27(19-3-5-23(33-16-19)21-8-14-39-25(21)38-2)9-12-36(13-10-27)24-6-4-18(15-22(24)29)28(30,31)32/h3-6,8,14-16,20H,7,9-13,17H2,1-2H3,(H,34,37)/t20-/m0/s1. The summed E-state index contributed by atoms with van der Waals surface area (Å²) in [6.45, 7) is 2.65. The molecule has 208 valence electrons. The third-order valence-electron chi connectivity index (χ3n) is 7.80. The van der Waals surface area contributed by atoms with Crippen LogP contribution in [0, 0.1) is 0 Å². The number of piperidine rings is 1. The van der Waals surface area contributed by atoms with Gasteiger partial charge in [0, 0.05) is 31.9 Å². The molecule has 2 saturated heterocycles. The van der Waals surface area contributed by atoms with Crippen molar-refractivity contribution >= 4 is 34.5 Å². The van der Waals surface area contributed by atoms with E-state index in [2.05, 4.69) is 10.2 Å². The van der Waals surface area contributed by atoms with Gasteiger partial charge in [0.15, 0.2) is 5.06 Å². The van der Waals surface area contributed by atoms with Crippen LogP contribution in [-0.2, 0) is 16.4 Å². The van der Waals surface area contributed by atoms with Gasteiger partial charge in [-0.15, -0.1) is 11.3 Å². The highest BCUT2D eigenvalue weighted by Crippen LogP contribution is 2.41. The highest BCUT2D eigenvalue weighted by atomic mass is 35.5. The average Bonchev–Trinajstić information content (AvgIpc) is 3.57. The van der Waals surface area contributed by atoms with Crippen molar-refractivity contribution in [3.8, 4) is 16.3 Å². The highest BCUT2D eigenvalue weighted by molar-refractivity contribution is 7.12. The SMILES string of the molecule is COc1sccc1-c1ccc(C2(C(=O)N[C@H]3CCN(C)C3)CCN(c3ccc(C(F)(F)F)cc3Cl)CC2)cn1. The predicted molar refractivity (Wildman–Crippen MR) is 148 cm³/mol. The fraction of sp³-hybridized carbons (Fsp3) is 0.429. The van der Waals surface area contributed by atoms with Gasteiger partial charge in [-0.05, 0) is 74.1 Å². The van der Waals surface area contributed by atoms with Crippen LogP contribution in [0.1, 0.15) is 30.4 Å². The molecule has 0 bridgehead atoms. The highest BCUT2D eigenvalue weighted by Gasteiger charge is 2.44. The number of carbonyl (C=O) groups is 1. The van der Waals surface area contributed by atoms with Crippen LogP contribution < -0.4 is 15.0 Å². The van der Waals surface area contributed by atoms with Gasteiger partial charge in [0.05, 0.1) is 40.1 Å². The second kappa shape index (κ2) is 11.0. The zero-order chi connectivity index (χ0) is 27.8. The number of anilines is 1. The first-order valence-corrected chi connectivity index (χ1v) is 14.1. The van der Waals surface area contributed by atoms with Crippen LogP contribution in [-0.4, -0.2) is 62.2 Å². The molecule has 1 amide bonds. The maximum absolute atomic E-state index is 13.9. The molecule has 39 heavy (non-hydrogen) atoms. The van der Waals surface area contributed by atoms with E-state index in [0.717, 1.165) is 53.5 Å². The molecule has 0 aliphatic carbocycles. The first-order valence-electron chi connectivity index (χ1n) is 12.8. The quantitative estimate of drug-likeness (QED) is 0.398. The number of nitrogens with one attached hydrogen (secondary N) is 1. The second-order valence-corrected chi connectivity index (χ2v) is 11.5. The van der Waals surface area contributed by atoms with E-state index in [1.807, 2.05) is 35.5 Å². The number of methoxy groups -OCH3 is 1. The Kier molecular flexibility index (Phi) is 7.81. The molecular weight excluding hydrogens is 549 g/mol. The number of carbonyl (C=O) groups excluding carboxylic acids is 1. The van der Waals surface area contributed by atoms with Crippen LogP contribution in [0.25, 0.3) is 11.3 Å². The topological polar surface area (TPSA) is 57.7 Å². The molecule has 1 N–H and O–H groups in total. The number of rotatable bonds is 6. The zero-order valence-corrected chi connectivity index (χ0v) is 23.3. The summed E-state index contributed by atoms with van der Waals surface area (Å²) in [5, 5.41) is 6.04. The number of likely N-dealkylation sites (N-methyl/N-ethyl adjacent to an activating group) is 1. The van der Waals surface area contributed by atoms with Crippen molar-refractivity contribution in [1.29, 1.82) is 0 Å². The number of halogens is 4. The van der Waals surface area contributed by atoms with Crippen molar-refractivity contribution in [3.05, 3.63) is 64.1 Å². The number of ether oxygens (including phenoxy) is 1. The molecule has 0 unspecified atom stereocenters. The molecule has 5 rings (SSSR count). The lowest BCUT2D eigenvalue weighted by atomic mass is 9.72. The minimum absolute atomic E-state index is 0.0383. The molecule has 2 fully saturated rings. The molecule has 11 heteroatoms. The van der Waals surface area contributed by atoms with E-state index >= 15 is 0 Å². The van der Waals surface area contributed by atoms with Crippen LogP contribution in [0.15, 0.2) is 48.0 Å². The molecule has 3 aromatic rings. The smallest absolute Gasteiger partial charge is 0.416 e. The maximum atomic E-state index is 13.9. The van der Waals surface area contributed by atoms with Gasteiger partial charge in [0.2, 0.25) is 5.91 Å². The van der Waals surface area contributed by atoms with Crippen molar-refractivity contribution in [2.75, 3.05) is 45.2 Å². The number of likely N-dealkylation sites (tertiary alicyclic amines) is 1. The zero-order valence-electron chi connectivity index (χ0n) is 21.7. The number of pyridine rings is 1. The number of thiophene rings is 1. The summed E-state index contributed by atoms with van der Waals surface area (Å²) in [5.41, 5.74) is 1.42. The van der Waals surface area contributed by atoms with Gasteiger partial charge in [-0.25, -0.2) is 0 Å². The first-order chi connectivity index (χ1) is 18.6. The summed E-state index contributed by atoms with van der Waals surface area (Å²) < 4.78 is 44.9. The van der Waals surface area contributed by atoms with Crippen molar-refractivity contribution in [3.63, 3.8) is 0 Å². The molecule has 4 heterocycles. The lowest BCUT2D eigenvalue weighted by molar-refractivity contribution is -0.137. The van der Waals surface area contributed by atoms with Gasteiger partial charge in [0.1, 0.15) is 0 Å². The van der Waals surface area contributed by atoms with Crippen LogP contribution in [0.4, 0.5) is 18.9 Å². The van der Waals surface area contributed by atoms with Crippen molar-refractivity contribution < 1.29 is 22.7 Å². The lowest BCUT2D eigenvalue weighted by Crippen LogP contribution is -2.54. The Bertz CT molecular complexity index is 1320. The summed E-state index contributed by atoms with van der Waals surface area (Å²) in [4.78, 5) is 22.8. The Labute approximate surface area is 234 Å². The molecular formula is C28H30ClF3N4O2S. The van der Waals surface area contributed by atoms with Gasteiger partial charge in [-0.3, -0.25) is 9.78 Å². The summed E-state index contributed by atoms with van der Waals surface area (Å²) in [6.07, 6.45) is -0.852. The summed E-state index contributed by atoms with van der Waals surface area (Å²) in [6, 6.07) is 9.33. The average molecular weight is 579 g/mol. The van der Waals surface area contributed by atoms with Crippen LogP contribution in [0.3, 0.4) is 0 Å². The Morgan fingerprint density at radius 2 is 1.95 bits per heavy atom. The molecule has 0 radical (unpaired) electrons. The van der Waals surface area contributed by atoms with E-state index in [1.54, 1.807) is 13.3 Å². The predicted octanol–water partition coefficient (Wildman–Crippen LogP) is 5.85. The molecule has 2 aliphatic rings. The van der Waals surface area contributed by atoms with E-state index in [9.17, 15) is 18.0 Å². The number of benzene rings is 1. The number of hydrogen-bond acceptors (Lipinski definition) is 6. The Hall–Kier alpha value is -2.82. The number of aromatic nitrogens is 1. The van der Waals surface area contributed by atoms with Crippen molar-refractivity contribution in [2.24, 2.45) is 0 Å². The van der Waals surface area contributed by atoms with E-state index in [-0.39, 0.29) is 17.0 Å². The molecule has 0 spiro atoms. The third-order valence-corrected chi connectivity index (χ3v) is 8.98. The first kappa shape index (κ1) is 27.7. The summed E-state index contributed by atoms with van der Waals surface area (Å²) >= 11 is 7.78. The number of alkyl halides is 3. The fourth-order valence-electron chi connectivity index (χ4n) is 5.57. The van der Waals surface area contributed by atoms with Crippen LogP contribution in [0.5, 0.6) is 5.06 Å². The van der Waals surface area contributed by atoms with Crippen molar-refractivity contribution in [2.45, 2.75) is 36.9 Å². The Balaban J connectivity index is 1.41. The molecule has 6 nitrogen and oxygen atoms in total. The maximum Gasteiger partial charge on any atom is 0.416 e. The minimum Gasteiger partial charge on any atom is -0.487 e. The van der Waals surface area contributed by atoms with Gasteiger partial charge in [-0.2, -0.15) is 13.2 Å². The number of amides is 1. The Morgan fingerprint density at radius 3 is 2.54 bits per heavy atom. The molecule has 2 aromatic heterocycles. The lowest BCUT2D eigenvalue weighted by Gasteiger charge is -2.42. The largest absolute Gasteiger partial charge is 0.487 e. The normalized spacial score (nSPS) is 19.7. The van der Waals surface area contributed by atoms with Gasteiger partial charge >= 0.3 is 6.18 Å². The van der Waals surface area contributed by atoms with E-state index in [1.165, 1.54) is 17.4 Å². The molecule has 0 saturated carbocycles. The van der Waals surface area contributed by atoms with Gasteiger partial charge in [0.25, 0.3) is 0 Å². The van der Waals surface area contributed by atoms with E-state index in [0.29, 0.717) is 31.6 Å². The van der Waals surface area contributed by atoms with E-state index in [4.69, 9.17) is 21.3 Å². The number of nitrogens with zero attached hydrogens (tertiary/aromatic N) is 3. The minimum atomic E-state index is -4.46. The van der Waals surface area contributed by atoms with Gasteiger partial charge < -0.3 is 19.9 Å². The van der Waals surface area contributed by atoms with Crippen LogP contribution >= 0.6 is 22.9 Å².